The summed E-state index contributed by atoms with van der Waals surface area (Å²) in [6.07, 6.45) is 5.15. The molecule has 1 fully saturated rings. The van der Waals surface area contributed by atoms with Crippen molar-refractivity contribution in [2.45, 2.75) is 44.7 Å². The highest BCUT2D eigenvalue weighted by molar-refractivity contribution is 5.18. The third-order valence-corrected chi connectivity index (χ3v) is 4.05. The number of rotatable bonds is 6. The molecule has 0 aliphatic carbocycles. The SMILES string of the molecule is CCCC(NCC1CCCN1C)c1ccccc1. The molecule has 2 unspecified atom stereocenters. The van der Waals surface area contributed by atoms with Crippen molar-refractivity contribution in [3.05, 3.63) is 35.9 Å². The van der Waals surface area contributed by atoms with Gasteiger partial charge in [0.1, 0.15) is 0 Å². The van der Waals surface area contributed by atoms with Crippen LogP contribution in [0.5, 0.6) is 0 Å². The van der Waals surface area contributed by atoms with Crippen molar-refractivity contribution in [1.29, 1.82) is 0 Å². The largest absolute Gasteiger partial charge is 0.308 e. The Morgan fingerprint density at radius 1 is 1.33 bits per heavy atom. The van der Waals surface area contributed by atoms with Gasteiger partial charge in [-0.05, 0) is 38.4 Å². The average molecular weight is 246 g/mol. The number of hydrogen-bond acceptors (Lipinski definition) is 2. The minimum atomic E-state index is 0.519. The average Bonchev–Trinajstić information content (AvgIpc) is 2.81. The summed E-state index contributed by atoms with van der Waals surface area (Å²) in [5.74, 6) is 0. The van der Waals surface area contributed by atoms with E-state index in [2.05, 4.69) is 54.5 Å². The van der Waals surface area contributed by atoms with Crippen molar-refractivity contribution in [3.63, 3.8) is 0 Å². The van der Waals surface area contributed by atoms with Crippen LogP contribution in [0.3, 0.4) is 0 Å². The minimum absolute atomic E-state index is 0.519. The van der Waals surface area contributed by atoms with Gasteiger partial charge in [-0.15, -0.1) is 0 Å². The van der Waals surface area contributed by atoms with Crippen LogP contribution in [-0.2, 0) is 0 Å². The molecule has 0 spiro atoms. The zero-order chi connectivity index (χ0) is 12.8. The Labute approximate surface area is 111 Å². The maximum absolute atomic E-state index is 3.77. The second-order valence-corrected chi connectivity index (χ2v) is 5.44. The molecule has 1 heterocycles. The first-order valence-electron chi connectivity index (χ1n) is 7.30. The smallest absolute Gasteiger partial charge is 0.0320 e. The Hall–Kier alpha value is -0.860. The van der Waals surface area contributed by atoms with Crippen molar-refractivity contribution >= 4 is 0 Å². The third kappa shape index (κ3) is 3.56. The van der Waals surface area contributed by atoms with Crippen LogP contribution in [0, 0.1) is 0 Å². The first-order valence-corrected chi connectivity index (χ1v) is 7.30. The Morgan fingerprint density at radius 2 is 2.11 bits per heavy atom. The highest BCUT2D eigenvalue weighted by Crippen LogP contribution is 2.20. The molecule has 0 saturated carbocycles. The van der Waals surface area contributed by atoms with Crippen molar-refractivity contribution in [2.24, 2.45) is 0 Å². The molecule has 1 aliphatic rings. The number of likely N-dealkylation sites (tertiary alicyclic amines) is 1. The fourth-order valence-electron chi connectivity index (χ4n) is 2.88. The lowest BCUT2D eigenvalue weighted by Crippen LogP contribution is -2.37. The molecule has 0 aromatic heterocycles. The van der Waals surface area contributed by atoms with Crippen molar-refractivity contribution < 1.29 is 0 Å². The molecular weight excluding hydrogens is 220 g/mol. The number of nitrogens with one attached hydrogen (secondary N) is 1. The van der Waals surface area contributed by atoms with Crippen LogP contribution in [0.2, 0.25) is 0 Å². The van der Waals surface area contributed by atoms with E-state index in [1.54, 1.807) is 0 Å². The summed E-state index contributed by atoms with van der Waals surface area (Å²) in [6, 6.07) is 12.1. The molecule has 2 rings (SSSR count). The first kappa shape index (κ1) is 13.6. The van der Waals surface area contributed by atoms with Gasteiger partial charge in [0, 0.05) is 18.6 Å². The summed E-state index contributed by atoms with van der Waals surface area (Å²) < 4.78 is 0. The van der Waals surface area contributed by atoms with E-state index < -0.39 is 0 Å². The van der Waals surface area contributed by atoms with Gasteiger partial charge in [0.05, 0.1) is 0 Å². The van der Waals surface area contributed by atoms with Gasteiger partial charge in [0.2, 0.25) is 0 Å². The molecule has 0 amide bonds. The summed E-state index contributed by atoms with van der Waals surface area (Å²) in [5, 5.41) is 3.77. The fourth-order valence-corrected chi connectivity index (χ4v) is 2.88. The van der Waals surface area contributed by atoms with Gasteiger partial charge in [-0.3, -0.25) is 0 Å². The van der Waals surface area contributed by atoms with Gasteiger partial charge in [-0.1, -0.05) is 43.7 Å². The minimum Gasteiger partial charge on any atom is -0.308 e. The molecule has 2 heteroatoms. The molecule has 1 saturated heterocycles. The topological polar surface area (TPSA) is 15.3 Å². The maximum atomic E-state index is 3.77. The van der Waals surface area contributed by atoms with E-state index in [1.165, 1.54) is 37.8 Å². The summed E-state index contributed by atoms with van der Waals surface area (Å²) >= 11 is 0. The summed E-state index contributed by atoms with van der Waals surface area (Å²) in [4.78, 5) is 2.49. The van der Waals surface area contributed by atoms with Gasteiger partial charge >= 0.3 is 0 Å². The van der Waals surface area contributed by atoms with Gasteiger partial charge in [-0.25, -0.2) is 0 Å². The highest BCUT2D eigenvalue weighted by atomic mass is 15.2. The van der Waals surface area contributed by atoms with Crippen molar-refractivity contribution in [2.75, 3.05) is 20.1 Å². The number of benzene rings is 1. The van der Waals surface area contributed by atoms with Crippen LogP contribution < -0.4 is 5.32 Å². The van der Waals surface area contributed by atoms with Gasteiger partial charge < -0.3 is 10.2 Å². The van der Waals surface area contributed by atoms with E-state index in [4.69, 9.17) is 0 Å². The molecule has 2 atom stereocenters. The number of nitrogens with zero attached hydrogens (tertiary/aromatic N) is 1. The zero-order valence-corrected chi connectivity index (χ0v) is 11.7. The van der Waals surface area contributed by atoms with Crippen molar-refractivity contribution in [3.8, 4) is 0 Å². The summed E-state index contributed by atoms with van der Waals surface area (Å²) in [5.41, 5.74) is 1.43. The van der Waals surface area contributed by atoms with E-state index in [-0.39, 0.29) is 0 Å². The molecule has 18 heavy (non-hydrogen) atoms. The molecule has 2 nitrogen and oxygen atoms in total. The Bertz CT molecular complexity index is 336. The predicted octanol–water partition coefficient (Wildman–Crippen LogP) is 3.21. The van der Waals surface area contributed by atoms with Crippen LogP contribution in [0.1, 0.15) is 44.2 Å². The van der Waals surface area contributed by atoms with Crippen LogP contribution >= 0.6 is 0 Å². The Kier molecular flexibility index (Phi) is 5.21. The van der Waals surface area contributed by atoms with Gasteiger partial charge in [-0.2, -0.15) is 0 Å². The lowest BCUT2D eigenvalue weighted by Gasteiger charge is -2.24. The normalized spacial score (nSPS) is 22.2. The molecule has 100 valence electrons. The van der Waals surface area contributed by atoms with E-state index in [9.17, 15) is 0 Å². The molecule has 1 N–H and O–H groups in total. The zero-order valence-electron chi connectivity index (χ0n) is 11.7. The van der Waals surface area contributed by atoms with Crippen LogP contribution in [-0.4, -0.2) is 31.1 Å². The fraction of sp³-hybridized carbons (Fsp3) is 0.625. The first-order chi connectivity index (χ1) is 8.81. The quantitative estimate of drug-likeness (QED) is 0.829. The molecule has 1 aromatic carbocycles. The van der Waals surface area contributed by atoms with Gasteiger partial charge in [0.15, 0.2) is 0 Å². The van der Waals surface area contributed by atoms with E-state index in [0.717, 1.165) is 12.6 Å². The second-order valence-electron chi connectivity index (χ2n) is 5.44. The van der Waals surface area contributed by atoms with Gasteiger partial charge in [0.25, 0.3) is 0 Å². The van der Waals surface area contributed by atoms with Crippen LogP contribution in [0.4, 0.5) is 0 Å². The number of hydrogen-bond donors (Lipinski definition) is 1. The molecule has 1 aromatic rings. The monoisotopic (exact) mass is 246 g/mol. The number of likely N-dealkylation sites (N-methyl/N-ethyl adjacent to an activating group) is 1. The molecular formula is C16H26N2. The standard InChI is InChI=1S/C16H26N2/c1-3-8-16(14-9-5-4-6-10-14)17-13-15-11-7-12-18(15)2/h4-6,9-10,15-17H,3,7-8,11-13H2,1-2H3. The molecule has 0 bridgehead atoms. The van der Waals surface area contributed by atoms with E-state index in [0.29, 0.717) is 6.04 Å². The molecule has 0 radical (unpaired) electrons. The molecule has 1 aliphatic heterocycles. The highest BCUT2D eigenvalue weighted by Gasteiger charge is 2.21. The second kappa shape index (κ2) is 6.91. The summed E-state index contributed by atoms with van der Waals surface area (Å²) in [6.45, 7) is 4.64. The summed E-state index contributed by atoms with van der Waals surface area (Å²) in [7, 11) is 2.25. The maximum Gasteiger partial charge on any atom is 0.0320 e. The van der Waals surface area contributed by atoms with Crippen molar-refractivity contribution in [1.82, 2.24) is 10.2 Å². The predicted molar refractivity (Wildman–Crippen MR) is 77.7 cm³/mol. The Morgan fingerprint density at radius 3 is 2.72 bits per heavy atom. The third-order valence-electron chi connectivity index (χ3n) is 4.05. The Balaban J connectivity index is 1.90. The lowest BCUT2D eigenvalue weighted by molar-refractivity contribution is 0.289. The lowest BCUT2D eigenvalue weighted by atomic mass is 10.0. The van der Waals surface area contributed by atoms with Crippen LogP contribution in [0.25, 0.3) is 0 Å². The van der Waals surface area contributed by atoms with E-state index in [1.807, 2.05) is 0 Å². The van der Waals surface area contributed by atoms with Crippen LogP contribution in [0.15, 0.2) is 30.3 Å². The van der Waals surface area contributed by atoms with E-state index >= 15 is 0 Å².